The van der Waals surface area contributed by atoms with Crippen LogP contribution in [0.4, 0.5) is 16.5 Å². The van der Waals surface area contributed by atoms with Crippen LogP contribution in [0.25, 0.3) is 11.1 Å². The number of carbonyl (C=O) groups excluding carboxylic acids is 2. The fourth-order valence-corrected chi connectivity index (χ4v) is 2.20. The highest BCUT2D eigenvalue weighted by Crippen LogP contribution is 2.26. The van der Waals surface area contributed by atoms with E-state index in [1.165, 1.54) is 11.8 Å². The number of benzene rings is 1. The molecule has 22 heavy (non-hydrogen) atoms. The Morgan fingerprint density at radius 3 is 3.05 bits per heavy atom. The van der Waals surface area contributed by atoms with E-state index in [-0.39, 0.29) is 37.0 Å². The number of nitrogens with one attached hydrogen (secondary N) is 1. The normalized spacial score (nSPS) is 17.2. The molecule has 0 radical (unpaired) electrons. The highest BCUT2D eigenvalue weighted by atomic mass is 35.5. The number of fused-ring (bicyclic) bond motifs is 1. The number of nitrogens with zero attached hydrogens (tertiary/aromatic N) is 2. The molecule has 0 spiro atoms. The minimum absolute atomic E-state index is 0. The van der Waals surface area contributed by atoms with E-state index in [0.29, 0.717) is 23.3 Å². The van der Waals surface area contributed by atoms with Crippen molar-refractivity contribution in [3.05, 3.63) is 18.2 Å². The van der Waals surface area contributed by atoms with Crippen LogP contribution in [-0.4, -0.2) is 36.2 Å². The zero-order chi connectivity index (χ0) is 15.0. The molecule has 1 atom stereocenters. The molecule has 9 heteroatoms. The Kier molecular flexibility index (Phi) is 4.41. The molecule has 1 aromatic carbocycles. The fraction of sp³-hybridized carbons (Fsp3) is 0.308. The van der Waals surface area contributed by atoms with Crippen LogP contribution in [0.2, 0.25) is 0 Å². The van der Waals surface area contributed by atoms with Gasteiger partial charge in [0.25, 0.3) is 6.01 Å². The topological polar surface area (TPSA) is 111 Å². The maximum absolute atomic E-state index is 11.9. The Hall–Kier alpha value is -2.48. The average molecular weight is 327 g/mol. The monoisotopic (exact) mass is 326 g/mol. The van der Waals surface area contributed by atoms with Crippen LogP contribution in [0.15, 0.2) is 22.6 Å². The SMILES string of the molecule is CC(=O)NC[C@H]1CN(c2ccc3nc(N)oc3c2)C(=O)O1.Cl. The average Bonchev–Trinajstić information content (AvgIpc) is 2.97. The van der Waals surface area contributed by atoms with Crippen LogP contribution in [-0.2, 0) is 9.53 Å². The van der Waals surface area contributed by atoms with E-state index < -0.39 is 6.09 Å². The van der Waals surface area contributed by atoms with Gasteiger partial charge in [-0.25, -0.2) is 4.79 Å². The Bertz CT molecular complexity index is 717. The maximum Gasteiger partial charge on any atom is 0.414 e. The number of ether oxygens (including phenoxy) is 1. The molecule has 1 saturated heterocycles. The molecule has 0 bridgehead atoms. The van der Waals surface area contributed by atoms with Crippen molar-refractivity contribution in [1.29, 1.82) is 0 Å². The van der Waals surface area contributed by atoms with Gasteiger partial charge in [0.15, 0.2) is 5.58 Å². The quantitative estimate of drug-likeness (QED) is 0.879. The number of amides is 2. The van der Waals surface area contributed by atoms with Gasteiger partial charge in [-0.05, 0) is 12.1 Å². The number of hydrogen-bond donors (Lipinski definition) is 2. The smallest absolute Gasteiger partial charge is 0.414 e. The van der Waals surface area contributed by atoms with Crippen molar-refractivity contribution in [3.8, 4) is 0 Å². The fourth-order valence-electron chi connectivity index (χ4n) is 2.20. The molecule has 3 rings (SSSR count). The summed E-state index contributed by atoms with van der Waals surface area (Å²) in [4.78, 5) is 28.2. The molecule has 1 aromatic heterocycles. The van der Waals surface area contributed by atoms with Gasteiger partial charge in [0.05, 0.1) is 18.8 Å². The van der Waals surface area contributed by atoms with Gasteiger partial charge in [0.2, 0.25) is 5.91 Å². The second-order valence-electron chi connectivity index (χ2n) is 4.76. The Balaban J connectivity index is 0.00000176. The van der Waals surface area contributed by atoms with Gasteiger partial charge in [-0.2, -0.15) is 4.98 Å². The predicted molar refractivity (Wildman–Crippen MR) is 82.0 cm³/mol. The molecule has 1 aliphatic rings. The summed E-state index contributed by atoms with van der Waals surface area (Å²) in [6.45, 7) is 2.06. The number of carbonyl (C=O) groups is 2. The molecule has 2 aromatic rings. The first kappa shape index (κ1) is 15.9. The number of nitrogen functional groups attached to an aromatic ring is 1. The molecule has 3 N–H and O–H groups in total. The highest BCUT2D eigenvalue weighted by Gasteiger charge is 2.32. The van der Waals surface area contributed by atoms with Crippen LogP contribution >= 0.6 is 12.4 Å². The summed E-state index contributed by atoms with van der Waals surface area (Å²) in [6.07, 6.45) is -0.839. The van der Waals surface area contributed by atoms with Crippen LogP contribution < -0.4 is 16.0 Å². The molecule has 8 nitrogen and oxygen atoms in total. The van der Waals surface area contributed by atoms with Gasteiger partial charge in [0.1, 0.15) is 11.6 Å². The first-order valence-corrected chi connectivity index (χ1v) is 6.41. The molecule has 118 valence electrons. The van der Waals surface area contributed by atoms with E-state index in [1.54, 1.807) is 18.2 Å². The van der Waals surface area contributed by atoms with E-state index in [4.69, 9.17) is 14.9 Å². The number of aromatic nitrogens is 1. The number of rotatable bonds is 3. The molecular weight excluding hydrogens is 312 g/mol. The first-order chi connectivity index (χ1) is 10.0. The Morgan fingerprint density at radius 1 is 1.55 bits per heavy atom. The number of anilines is 2. The minimum atomic E-state index is -0.461. The van der Waals surface area contributed by atoms with Gasteiger partial charge in [-0.1, -0.05) is 0 Å². The maximum atomic E-state index is 11.9. The van der Waals surface area contributed by atoms with Crippen LogP contribution in [0.3, 0.4) is 0 Å². The number of halogens is 1. The van der Waals surface area contributed by atoms with Gasteiger partial charge >= 0.3 is 6.09 Å². The van der Waals surface area contributed by atoms with Crippen molar-refractivity contribution in [1.82, 2.24) is 10.3 Å². The summed E-state index contributed by atoms with van der Waals surface area (Å²) < 4.78 is 10.4. The first-order valence-electron chi connectivity index (χ1n) is 6.41. The largest absolute Gasteiger partial charge is 0.442 e. The standard InChI is InChI=1S/C13H14N4O4.ClH/c1-7(18)15-5-9-6-17(13(19)20-9)8-2-3-10-11(4-8)21-12(14)16-10;/h2-4,9H,5-6H2,1H3,(H2,14,16)(H,15,18);1H/t9-;/m0./s1. The van der Waals surface area contributed by atoms with Gasteiger partial charge in [-0.15, -0.1) is 12.4 Å². The van der Waals surface area contributed by atoms with Gasteiger partial charge < -0.3 is 20.2 Å². The molecule has 0 saturated carbocycles. The van der Waals surface area contributed by atoms with Crippen molar-refractivity contribution in [2.45, 2.75) is 13.0 Å². The number of nitrogens with two attached hydrogens (primary N) is 1. The molecule has 1 fully saturated rings. The van der Waals surface area contributed by atoms with Crippen molar-refractivity contribution >= 4 is 47.2 Å². The van der Waals surface area contributed by atoms with E-state index in [0.717, 1.165) is 0 Å². The van der Waals surface area contributed by atoms with E-state index in [2.05, 4.69) is 10.3 Å². The molecule has 1 aliphatic heterocycles. The third kappa shape index (κ3) is 3.06. The second kappa shape index (κ2) is 6.10. The van der Waals surface area contributed by atoms with Gasteiger partial charge in [0, 0.05) is 13.0 Å². The van der Waals surface area contributed by atoms with Gasteiger partial charge in [-0.3, -0.25) is 9.69 Å². The zero-order valence-electron chi connectivity index (χ0n) is 11.7. The van der Waals surface area contributed by atoms with Crippen LogP contribution in [0.5, 0.6) is 0 Å². The molecular formula is C13H15ClN4O4. The minimum Gasteiger partial charge on any atom is -0.442 e. The number of oxazole rings is 1. The van der Waals surface area contributed by atoms with Crippen molar-refractivity contribution in [2.75, 3.05) is 23.7 Å². The van der Waals surface area contributed by atoms with Crippen molar-refractivity contribution in [2.24, 2.45) is 0 Å². The lowest BCUT2D eigenvalue weighted by molar-refractivity contribution is -0.119. The van der Waals surface area contributed by atoms with E-state index >= 15 is 0 Å². The summed E-state index contributed by atoms with van der Waals surface area (Å²) in [5.41, 5.74) is 7.25. The Labute approximate surface area is 132 Å². The number of cyclic esters (lactones) is 1. The van der Waals surface area contributed by atoms with Crippen molar-refractivity contribution < 1.29 is 18.7 Å². The highest BCUT2D eigenvalue weighted by molar-refractivity contribution is 5.92. The third-order valence-electron chi connectivity index (χ3n) is 3.15. The van der Waals surface area contributed by atoms with Crippen LogP contribution in [0, 0.1) is 0 Å². The zero-order valence-corrected chi connectivity index (χ0v) is 12.6. The molecule has 0 aliphatic carbocycles. The van der Waals surface area contributed by atoms with E-state index in [9.17, 15) is 9.59 Å². The lowest BCUT2D eigenvalue weighted by atomic mass is 10.2. The lowest BCUT2D eigenvalue weighted by Crippen LogP contribution is -2.33. The summed E-state index contributed by atoms with van der Waals surface area (Å²) in [5, 5.41) is 2.63. The van der Waals surface area contributed by atoms with Crippen molar-refractivity contribution in [3.63, 3.8) is 0 Å². The second-order valence-corrected chi connectivity index (χ2v) is 4.76. The third-order valence-corrected chi connectivity index (χ3v) is 3.15. The molecule has 2 amide bonds. The molecule has 2 heterocycles. The van der Waals surface area contributed by atoms with E-state index in [1.807, 2.05) is 0 Å². The lowest BCUT2D eigenvalue weighted by Gasteiger charge is -2.12. The molecule has 0 unspecified atom stereocenters. The summed E-state index contributed by atoms with van der Waals surface area (Å²) in [7, 11) is 0. The summed E-state index contributed by atoms with van der Waals surface area (Å²) >= 11 is 0. The summed E-state index contributed by atoms with van der Waals surface area (Å²) in [5.74, 6) is -0.164. The number of hydrogen-bond acceptors (Lipinski definition) is 6. The summed E-state index contributed by atoms with van der Waals surface area (Å²) in [6, 6.07) is 5.22. The predicted octanol–water partition coefficient (Wildman–Crippen LogP) is 1.29. The van der Waals surface area contributed by atoms with Crippen LogP contribution in [0.1, 0.15) is 6.92 Å². The Morgan fingerprint density at radius 2 is 2.32 bits per heavy atom.